The van der Waals surface area contributed by atoms with Crippen LogP contribution in [-0.4, -0.2) is 36.1 Å². The van der Waals surface area contributed by atoms with Gasteiger partial charge in [0.25, 0.3) is 0 Å². The maximum absolute atomic E-state index is 11.1. The second-order valence-corrected chi connectivity index (χ2v) is 5.55. The van der Waals surface area contributed by atoms with Crippen molar-refractivity contribution in [3.05, 3.63) is 26.7 Å². The minimum Gasteiger partial charge on any atom is -0.483 e. The van der Waals surface area contributed by atoms with Crippen molar-refractivity contribution >= 4 is 27.3 Å². The Morgan fingerprint density at radius 3 is 2.68 bits per heavy atom. The predicted octanol–water partition coefficient (Wildman–Crippen LogP) is 2.41. The van der Waals surface area contributed by atoms with E-state index in [9.17, 15) is 10.1 Å². The number of nitrogen functional groups attached to an aromatic ring is 1. The summed E-state index contributed by atoms with van der Waals surface area (Å²) in [5.74, 6) is 0.236. The van der Waals surface area contributed by atoms with E-state index < -0.39 is 4.92 Å². The SMILES string of the molecule is CN1CCC(Oc2c(Br)ccc(N)c2[N+](=O)[O-])CC1. The van der Waals surface area contributed by atoms with Crippen LogP contribution in [0.25, 0.3) is 0 Å². The van der Waals surface area contributed by atoms with Gasteiger partial charge in [0, 0.05) is 13.1 Å². The molecule has 2 rings (SSSR count). The standard InChI is InChI=1S/C12H16BrN3O3/c1-15-6-4-8(5-7-15)19-12-9(13)2-3-10(14)11(12)16(17)18/h2-3,8H,4-7,14H2,1H3. The maximum Gasteiger partial charge on any atom is 0.334 e. The number of nitro benzene ring substituents is 1. The van der Waals surface area contributed by atoms with Gasteiger partial charge in [-0.05, 0) is 48.0 Å². The van der Waals surface area contributed by atoms with E-state index >= 15 is 0 Å². The molecule has 1 aromatic carbocycles. The first-order valence-corrected chi connectivity index (χ1v) is 6.86. The molecular formula is C12H16BrN3O3. The van der Waals surface area contributed by atoms with Gasteiger partial charge in [-0.25, -0.2) is 0 Å². The van der Waals surface area contributed by atoms with E-state index in [4.69, 9.17) is 10.5 Å². The van der Waals surface area contributed by atoms with E-state index in [1.807, 2.05) is 0 Å². The topological polar surface area (TPSA) is 81.6 Å². The third-order valence-electron chi connectivity index (χ3n) is 3.25. The quantitative estimate of drug-likeness (QED) is 0.523. The molecule has 1 saturated heterocycles. The minimum absolute atomic E-state index is 0.00648. The summed E-state index contributed by atoms with van der Waals surface area (Å²) in [4.78, 5) is 12.8. The van der Waals surface area contributed by atoms with Gasteiger partial charge in [-0.15, -0.1) is 0 Å². The molecule has 1 fully saturated rings. The summed E-state index contributed by atoms with van der Waals surface area (Å²) in [7, 11) is 2.05. The summed E-state index contributed by atoms with van der Waals surface area (Å²) in [6.07, 6.45) is 1.71. The number of hydrogen-bond acceptors (Lipinski definition) is 5. The van der Waals surface area contributed by atoms with E-state index in [1.165, 1.54) is 6.07 Å². The Morgan fingerprint density at radius 2 is 2.11 bits per heavy atom. The van der Waals surface area contributed by atoms with Crippen LogP contribution in [0.1, 0.15) is 12.8 Å². The highest BCUT2D eigenvalue weighted by molar-refractivity contribution is 9.10. The lowest BCUT2D eigenvalue weighted by molar-refractivity contribution is -0.385. The van der Waals surface area contributed by atoms with Crippen LogP contribution in [0.5, 0.6) is 5.75 Å². The number of piperidine rings is 1. The van der Waals surface area contributed by atoms with Gasteiger partial charge >= 0.3 is 5.69 Å². The normalized spacial score (nSPS) is 17.4. The van der Waals surface area contributed by atoms with Gasteiger partial charge in [-0.1, -0.05) is 0 Å². The van der Waals surface area contributed by atoms with Gasteiger partial charge in [0.15, 0.2) is 0 Å². The molecule has 6 nitrogen and oxygen atoms in total. The number of benzene rings is 1. The molecule has 1 heterocycles. The van der Waals surface area contributed by atoms with Crippen molar-refractivity contribution in [1.82, 2.24) is 4.90 Å². The largest absolute Gasteiger partial charge is 0.483 e. The Morgan fingerprint density at radius 1 is 1.47 bits per heavy atom. The van der Waals surface area contributed by atoms with Crippen LogP contribution in [0.3, 0.4) is 0 Å². The summed E-state index contributed by atoms with van der Waals surface area (Å²) >= 11 is 3.29. The highest BCUT2D eigenvalue weighted by Crippen LogP contribution is 2.40. The molecule has 1 aliphatic rings. The number of halogens is 1. The van der Waals surface area contributed by atoms with Gasteiger partial charge in [0.2, 0.25) is 5.75 Å². The molecule has 0 aliphatic carbocycles. The summed E-state index contributed by atoms with van der Waals surface area (Å²) in [5, 5.41) is 11.1. The van der Waals surface area contributed by atoms with E-state index in [0.717, 1.165) is 25.9 Å². The number of ether oxygens (including phenoxy) is 1. The lowest BCUT2D eigenvalue weighted by Gasteiger charge is -2.29. The molecule has 19 heavy (non-hydrogen) atoms. The van der Waals surface area contributed by atoms with Crippen molar-refractivity contribution in [3.8, 4) is 5.75 Å². The molecule has 0 bridgehead atoms. The van der Waals surface area contributed by atoms with Gasteiger partial charge in [0.1, 0.15) is 11.8 Å². The second-order valence-electron chi connectivity index (χ2n) is 4.69. The first kappa shape index (κ1) is 14.1. The molecule has 0 saturated carbocycles. The Labute approximate surface area is 119 Å². The molecule has 1 aromatic rings. The first-order valence-electron chi connectivity index (χ1n) is 6.06. The van der Waals surface area contributed by atoms with Crippen LogP contribution < -0.4 is 10.5 Å². The third-order valence-corrected chi connectivity index (χ3v) is 3.87. The monoisotopic (exact) mass is 329 g/mol. The molecule has 2 N–H and O–H groups in total. The molecule has 7 heteroatoms. The molecular weight excluding hydrogens is 314 g/mol. The van der Waals surface area contributed by atoms with Gasteiger partial charge in [0.05, 0.1) is 9.40 Å². The summed E-state index contributed by atoms with van der Waals surface area (Å²) in [5.41, 5.74) is 5.63. The smallest absolute Gasteiger partial charge is 0.334 e. The Bertz CT molecular complexity index is 487. The van der Waals surface area contributed by atoms with Crippen molar-refractivity contribution in [2.75, 3.05) is 25.9 Å². The zero-order valence-corrected chi connectivity index (χ0v) is 12.2. The number of rotatable bonds is 3. The lowest BCUT2D eigenvalue weighted by Crippen LogP contribution is -2.35. The average Bonchev–Trinajstić information content (AvgIpc) is 2.36. The first-order chi connectivity index (χ1) is 8.99. The van der Waals surface area contributed by atoms with Crippen LogP contribution in [0.15, 0.2) is 16.6 Å². The predicted molar refractivity (Wildman–Crippen MR) is 76.4 cm³/mol. The maximum atomic E-state index is 11.1. The van der Waals surface area contributed by atoms with E-state index in [2.05, 4.69) is 27.9 Å². The third kappa shape index (κ3) is 3.16. The fourth-order valence-electron chi connectivity index (χ4n) is 2.13. The van der Waals surface area contributed by atoms with Crippen molar-refractivity contribution < 1.29 is 9.66 Å². The van der Waals surface area contributed by atoms with Gasteiger partial charge in [-0.3, -0.25) is 10.1 Å². The zero-order chi connectivity index (χ0) is 14.0. The number of hydrogen-bond donors (Lipinski definition) is 1. The number of likely N-dealkylation sites (tertiary alicyclic amines) is 1. The Balaban J connectivity index is 2.24. The van der Waals surface area contributed by atoms with Crippen molar-refractivity contribution in [1.29, 1.82) is 0 Å². The van der Waals surface area contributed by atoms with Crippen molar-refractivity contribution in [2.45, 2.75) is 18.9 Å². The van der Waals surface area contributed by atoms with Gasteiger partial charge in [-0.2, -0.15) is 0 Å². The molecule has 0 unspecified atom stereocenters. The highest BCUT2D eigenvalue weighted by Gasteiger charge is 2.26. The van der Waals surface area contributed by atoms with E-state index in [0.29, 0.717) is 4.47 Å². The molecule has 1 aliphatic heterocycles. The van der Waals surface area contributed by atoms with Crippen LogP contribution in [0, 0.1) is 10.1 Å². The van der Waals surface area contributed by atoms with Crippen molar-refractivity contribution in [3.63, 3.8) is 0 Å². The fourth-order valence-corrected chi connectivity index (χ4v) is 2.55. The molecule has 0 atom stereocenters. The van der Waals surface area contributed by atoms with Crippen LogP contribution in [0.4, 0.5) is 11.4 Å². The van der Waals surface area contributed by atoms with E-state index in [1.54, 1.807) is 6.07 Å². The Kier molecular flexibility index (Phi) is 4.26. The number of nitrogens with two attached hydrogens (primary N) is 1. The van der Waals surface area contributed by atoms with Crippen LogP contribution >= 0.6 is 15.9 Å². The molecule has 0 aromatic heterocycles. The fraction of sp³-hybridized carbons (Fsp3) is 0.500. The van der Waals surface area contributed by atoms with Crippen molar-refractivity contribution in [2.24, 2.45) is 0 Å². The van der Waals surface area contributed by atoms with Crippen LogP contribution in [-0.2, 0) is 0 Å². The Hall–Kier alpha value is -1.34. The number of anilines is 1. The molecule has 0 spiro atoms. The molecule has 0 amide bonds. The summed E-state index contributed by atoms with van der Waals surface area (Å²) in [6.45, 7) is 1.86. The lowest BCUT2D eigenvalue weighted by atomic mass is 10.1. The summed E-state index contributed by atoms with van der Waals surface area (Å²) < 4.78 is 6.37. The molecule has 104 valence electrons. The van der Waals surface area contributed by atoms with E-state index in [-0.39, 0.29) is 23.2 Å². The number of nitrogens with zero attached hydrogens (tertiary/aromatic N) is 2. The summed E-state index contributed by atoms with van der Waals surface area (Å²) in [6, 6.07) is 3.18. The average molecular weight is 330 g/mol. The zero-order valence-electron chi connectivity index (χ0n) is 10.6. The van der Waals surface area contributed by atoms with Crippen LogP contribution in [0.2, 0.25) is 0 Å². The second kappa shape index (κ2) is 5.75. The highest BCUT2D eigenvalue weighted by atomic mass is 79.9. The minimum atomic E-state index is -0.496. The number of nitro groups is 1. The molecule has 0 radical (unpaired) electrons. The van der Waals surface area contributed by atoms with Gasteiger partial charge < -0.3 is 15.4 Å².